The van der Waals surface area contributed by atoms with E-state index in [0.717, 1.165) is 25.3 Å². The van der Waals surface area contributed by atoms with E-state index in [1.807, 2.05) is 13.2 Å². The number of aromatic nitrogens is 2. The van der Waals surface area contributed by atoms with Gasteiger partial charge in [0.25, 0.3) is 0 Å². The summed E-state index contributed by atoms with van der Waals surface area (Å²) in [7, 11) is 1.88. The molecular weight excluding hydrogens is 238 g/mol. The van der Waals surface area contributed by atoms with Crippen molar-refractivity contribution in [3.63, 3.8) is 0 Å². The van der Waals surface area contributed by atoms with Crippen LogP contribution in [-0.4, -0.2) is 16.3 Å². The van der Waals surface area contributed by atoms with Crippen molar-refractivity contribution in [3.05, 3.63) is 47.8 Å². The Labute approximate surface area is 114 Å². The number of ether oxygens (including phenoxy) is 1. The van der Waals surface area contributed by atoms with Gasteiger partial charge in [0, 0.05) is 13.6 Å². The molecule has 19 heavy (non-hydrogen) atoms. The molecule has 4 nitrogen and oxygen atoms in total. The summed E-state index contributed by atoms with van der Waals surface area (Å²) in [5, 5.41) is 7.48. The van der Waals surface area contributed by atoms with Gasteiger partial charge in [-0.1, -0.05) is 31.2 Å². The van der Waals surface area contributed by atoms with Gasteiger partial charge in [-0.05, 0) is 24.1 Å². The van der Waals surface area contributed by atoms with Crippen molar-refractivity contribution in [2.75, 3.05) is 6.54 Å². The molecule has 1 N–H and O–H groups in total. The van der Waals surface area contributed by atoms with Crippen LogP contribution in [0.15, 0.2) is 36.7 Å². The summed E-state index contributed by atoms with van der Waals surface area (Å²) in [5.74, 6) is 0.803. The molecule has 2 rings (SSSR count). The van der Waals surface area contributed by atoms with Crippen LogP contribution >= 0.6 is 0 Å². The van der Waals surface area contributed by atoms with E-state index in [9.17, 15) is 0 Å². The molecule has 2 aromatic rings. The van der Waals surface area contributed by atoms with Crippen LogP contribution in [0.2, 0.25) is 0 Å². The van der Waals surface area contributed by atoms with E-state index >= 15 is 0 Å². The largest absolute Gasteiger partial charge is 0.486 e. The molecule has 0 radical (unpaired) electrons. The van der Waals surface area contributed by atoms with Crippen LogP contribution in [0, 0.1) is 0 Å². The van der Waals surface area contributed by atoms with Crippen molar-refractivity contribution >= 4 is 0 Å². The number of aryl methyl sites for hydroxylation is 1. The fourth-order valence-corrected chi connectivity index (χ4v) is 1.88. The lowest BCUT2D eigenvalue weighted by Crippen LogP contribution is -2.13. The smallest absolute Gasteiger partial charge is 0.157 e. The van der Waals surface area contributed by atoms with Gasteiger partial charge < -0.3 is 10.1 Å². The van der Waals surface area contributed by atoms with Crippen LogP contribution in [0.3, 0.4) is 0 Å². The summed E-state index contributed by atoms with van der Waals surface area (Å²) in [6.45, 7) is 4.71. The minimum absolute atomic E-state index is 0.577. The summed E-state index contributed by atoms with van der Waals surface area (Å²) in [5.41, 5.74) is 2.47. The molecule has 1 aromatic heterocycles. The summed E-state index contributed by atoms with van der Waals surface area (Å²) in [4.78, 5) is 0. The highest BCUT2D eigenvalue weighted by Crippen LogP contribution is 2.12. The molecule has 0 bridgehead atoms. The number of hydrogen-bond donors (Lipinski definition) is 1. The van der Waals surface area contributed by atoms with Gasteiger partial charge in [-0.2, -0.15) is 5.10 Å². The van der Waals surface area contributed by atoms with Crippen molar-refractivity contribution in [1.29, 1.82) is 0 Å². The molecule has 0 fully saturated rings. The van der Waals surface area contributed by atoms with Crippen LogP contribution in [0.4, 0.5) is 0 Å². The number of hydrogen-bond acceptors (Lipinski definition) is 3. The third-order valence-corrected chi connectivity index (χ3v) is 2.83. The van der Waals surface area contributed by atoms with E-state index < -0.39 is 0 Å². The Hall–Kier alpha value is -1.81. The van der Waals surface area contributed by atoms with Gasteiger partial charge in [0.15, 0.2) is 5.75 Å². The number of rotatable bonds is 7. The maximum absolute atomic E-state index is 5.69. The molecule has 0 amide bonds. The molecule has 0 spiro atoms. The van der Waals surface area contributed by atoms with Gasteiger partial charge in [-0.15, -0.1) is 0 Å². The SMILES string of the molecule is CCCNCc1cccc(COc2cnn(C)c2)c1. The Kier molecular flexibility index (Phi) is 4.98. The second-order valence-electron chi connectivity index (χ2n) is 4.64. The van der Waals surface area contributed by atoms with Crippen LogP contribution < -0.4 is 10.1 Å². The van der Waals surface area contributed by atoms with Crippen molar-refractivity contribution in [2.45, 2.75) is 26.5 Å². The molecule has 0 aliphatic heterocycles. The molecule has 0 aliphatic carbocycles. The molecular formula is C15H21N3O. The average molecular weight is 259 g/mol. The number of nitrogens with zero attached hydrogens (tertiary/aromatic N) is 2. The number of nitrogens with one attached hydrogen (secondary N) is 1. The normalized spacial score (nSPS) is 10.6. The van der Waals surface area contributed by atoms with Crippen LogP contribution in [-0.2, 0) is 20.2 Å². The van der Waals surface area contributed by atoms with Gasteiger partial charge in [0.05, 0.1) is 12.4 Å². The first-order valence-corrected chi connectivity index (χ1v) is 6.68. The van der Waals surface area contributed by atoms with Crippen molar-refractivity contribution in [1.82, 2.24) is 15.1 Å². The van der Waals surface area contributed by atoms with Crippen molar-refractivity contribution < 1.29 is 4.74 Å². The van der Waals surface area contributed by atoms with Crippen molar-refractivity contribution in [2.24, 2.45) is 7.05 Å². The maximum atomic E-state index is 5.69. The fourth-order valence-electron chi connectivity index (χ4n) is 1.88. The minimum atomic E-state index is 0.577. The van der Waals surface area contributed by atoms with E-state index in [4.69, 9.17) is 4.74 Å². The van der Waals surface area contributed by atoms with Crippen LogP contribution in [0.5, 0.6) is 5.75 Å². The van der Waals surface area contributed by atoms with Gasteiger partial charge in [0.2, 0.25) is 0 Å². The van der Waals surface area contributed by atoms with Crippen molar-refractivity contribution in [3.8, 4) is 5.75 Å². The van der Waals surface area contributed by atoms with E-state index in [-0.39, 0.29) is 0 Å². The Balaban J connectivity index is 1.87. The van der Waals surface area contributed by atoms with Gasteiger partial charge >= 0.3 is 0 Å². The highest BCUT2D eigenvalue weighted by Gasteiger charge is 1.99. The van der Waals surface area contributed by atoms with Gasteiger partial charge in [0.1, 0.15) is 6.61 Å². The van der Waals surface area contributed by atoms with E-state index in [2.05, 4.69) is 41.6 Å². The molecule has 0 saturated carbocycles. The predicted molar refractivity (Wildman–Crippen MR) is 76.0 cm³/mol. The highest BCUT2D eigenvalue weighted by molar-refractivity contribution is 5.23. The first kappa shape index (κ1) is 13.6. The summed E-state index contributed by atoms with van der Waals surface area (Å²) >= 11 is 0. The Morgan fingerprint density at radius 2 is 2.16 bits per heavy atom. The first-order chi connectivity index (χ1) is 9.28. The fraction of sp³-hybridized carbons (Fsp3) is 0.400. The molecule has 4 heteroatoms. The molecule has 102 valence electrons. The quantitative estimate of drug-likeness (QED) is 0.776. The topological polar surface area (TPSA) is 39.1 Å². The second-order valence-corrected chi connectivity index (χ2v) is 4.64. The third-order valence-electron chi connectivity index (χ3n) is 2.83. The zero-order valence-corrected chi connectivity index (χ0v) is 11.6. The van der Waals surface area contributed by atoms with E-state index in [1.165, 1.54) is 11.1 Å². The maximum Gasteiger partial charge on any atom is 0.157 e. The molecule has 0 aliphatic rings. The zero-order valence-electron chi connectivity index (χ0n) is 11.6. The zero-order chi connectivity index (χ0) is 13.5. The molecule has 0 unspecified atom stereocenters. The standard InChI is InChI=1S/C15H21N3O/c1-3-7-16-9-13-5-4-6-14(8-13)12-19-15-10-17-18(2)11-15/h4-6,8,10-11,16H,3,7,9,12H2,1-2H3. The van der Waals surface area contributed by atoms with E-state index in [1.54, 1.807) is 10.9 Å². The third kappa shape index (κ3) is 4.41. The molecule has 1 aromatic carbocycles. The van der Waals surface area contributed by atoms with Crippen LogP contribution in [0.25, 0.3) is 0 Å². The van der Waals surface area contributed by atoms with E-state index in [0.29, 0.717) is 6.61 Å². The van der Waals surface area contributed by atoms with Gasteiger partial charge in [-0.25, -0.2) is 0 Å². The first-order valence-electron chi connectivity index (χ1n) is 6.68. The summed E-state index contributed by atoms with van der Waals surface area (Å²) in [6, 6.07) is 8.47. The number of benzene rings is 1. The molecule has 0 atom stereocenters. The lowest BCUT2D eigenvalue weighted by atomic mass is 10.1. The summed E-state index contributed by atoms with van der Waals surface area (Å²) in [6.07, 6.45) is 4.75. The molecule has 1 heterocycles. The van der Waals surface area contributed by atoms with Gasteiger partial charge in [-0.3, -0.25) is 4.68 Å². The van der Waals surface area contributed by atoms with Crippen LogP contribution in [0.1, 0.15) is 24.5 Å². The Bertz CT molecular complexity index is 508. The monoisotopic (exact) mass is 259 g/mol. The lowest BCUT2D eigenvalue weighted by Gasteiger charge is -2.07. The lowest BCUT2D eigenvalue weighted by molar-refractivity contribution is 0.306. The second kappa shape index (κ2) is 6.95. The molecule has 0 saturated heterocycles. The highest BCUT2D eigenvalue weighted by atomic mass is 16.5. The summed E-state index contributed by atoms with van der Waals surface area (Å²) < 4.78 is 7.43. The average Bonchev–Trinajstić information content (AvgIpc) is 2.83. The predicted octanol–water partition coefficient (Wildman–Crippen LogP) is 2.50. The Morgan fingerprint density at radius 3 is 2.89 bits per heavy atom. The Morgan fingerprint density at radius 1 is 1.32 bits per heavy atom. The minimum Gasteiger partial charge on any atom is -0.486 e.